The van der Waals surface area contributed by atoms with Gasteiger partial charge in [-0.1, -0.05) is 77.5 Å². The minimum Gasteiger partial charge on any atom is -0.448 e. The van der Waals surface area contributed by atoms with Crippen molar-refractivity contribution in [2.75, 3.05) is 11.5 Å². The summed E-state index contributed by atoms with van der Waals surface area (Å²) in [5, 5.41) is 18.0. The molecule has 0 unspecified atom stereocenters. The molecule has 3 heterocycles. The monoisotopic (exact) mass is 578 g/mol. The van der Waals surface area contributed by atoms with Crippen molar-refractivity contribution < 1.29 is 19.1 Å². The second-order valence-electron chi connectivity index (χ2n) is 9.22. The fourth-order valence-corrected chi connectivity index (χ4v) is 6.73. The molecule has 2 aliphatic rings. The molecule has 40 heavy (non-hydrogen) atoms. The second kappa shape index (κ2) is 11.6. The number of thioether (sulfide) groups is 2. The van der Waals surface area contributed by atoms with Gasteiger partial charge in [0.05, 0.1) is 0 Å². The van der Waals surface area contributed by atoms with Crippen LogP contribution >= 0.6 is 23.5 Å². The molecule has 206 valence electrons. The van der Waals surface area contributed by atoms with E-state index in [0.717, 1.165) is 16.8 Å². The largest absolute Gasteiger partial charge is 0.448 e. The molecule has 3 aromatic rings. The Hall–Kier alpha value is -4.01. The van der Waals surface area contributed by atoms with E-state index in [9.17, 15) is 14.4 Å². The average molecular weight is 579 g/mol. The van der Waals surface area contributed by atoms with Gasteiger partial charge >= 0.3 is 5.97 Å². The van der Waals surface area contributed by atoms with Gasteiger partial charge in [-0.15, -0.1) is 16.6 Å². The van der Waals surface area contributed by atoms with Crippen LogP contribution < -0.4 is 11.1 Å². The molecule has 3 N–H and O–H groups in total. The minimum atomic E-state index is -1.62. The topological polar surface area (TPSA) is 158 Å². The van der Waals surface area contributed by atoms with E-state index in [1.54, 1.807) is 0 Å². The number of ether oxygens (including phenoxy) is 1. The Bertz CT molecular complexity index is 1440. The predicted octanol–water partition coefficient (Wildman–Crippen LogP) is 1.91. The normalized spacial score (nSPS) is 20.1. The first kappa shape index (κ1) is 27.6. The summed E-state index contributed by atoms with van der Waals surface area (Å²) in [6, 6.07) is 18.7. The molecule has 14 heteroatoms. The molecule has 0 radical (unpaired) electrons. The zero-order valence-electron chi connectivity index (χ0n) is 21.6. The zero-order valence-corrected chi connectivity index (χ0v) is 23.3. The molecule has 0 bridgehead atoms. The fourth-order valence-electron chi connectivity index (χ4n) is 4.39. The molecule has 2 atom stereocenters. The first-order chi connectivity index (χ1) is 19.3. The number of aromatic nitrogens is 4. The van der Waals surface area contributed by atoms with Crippen LogP contribution in [-0.4, -0.2) is 71.8 Å². The van der Waals surface area contributed by atoms with Crippen LogP contribution in [0.2, 0.25) is 0 Å². The Kier molecular flexibility index (Phi) is 8.00. The lowest BCUT2D eigenvalue weighted by Gasteiger charge is -2.55. The number of benzene rings is 2. The highest BCUT2D eigenvalue weighted by Gasteiger charge is 2.63. The van der Waals surface area contributed by atoms with Crippen molar-refractivity contribution in [1.82, 2.24) is 30.5 Å². The number of hydrogen-bond donors (Lipinski definition) is 2. The number of rotatable bonds is 10. The molecule has 0 spiro atoms. The lowest BCUT2D eigenvalue weighted by molar-refractivity contribution is -0.160. The molecular formula is C26H26N8O4S2. The second-order valence-corrected chi connectivity index (χ2v) is 11.2. The van der Waals surface area contributed by atoms with Gasteiger partial charge in [0.25, 0.3) is 5.91 Å². The Morgan fingerprint density at radius 2 is 1.88 bits per heavy atom. The van der Waals surface area contributed by atoms with Crippen LogP contribution in [-0.2, 0) is 19.1 Å². The summed E-state index contributed by atoms with van der Waals surface area (Å²) in [4.78, 5) is 41.0. The summed E-state index contributed by atoms with van der Waals surface area (Å²) in [7, 11) is 0. The van der Waals surface area contributed by atoms with Gasteiger partial charge in [-0.05, 0) is 41.0 Å². The van der Waals surface area contributed by atoms with E-state index in [2.05, 4.69) is 25.9 Å². The van der Waals surface area contributed by atoms with Crippen LogP contribution in [0.4, 0.5) is 0 Å². The molecule has 2 aliphatic heterocycles. The van der Waals surface area contributed by atoms with Crippen LogP contribution in [0.3, 0.4) is 0 Å². The first-order valence-electron chi connectivity index (χ1n) is 12.2. The molecule has 12 nitrogen and oxygen atoms in total. The molecule has 0 saturated carbocycles. The predicted molar refractivity (Wildman–Crippen MR) is 150 cm³/mol. The van der Waals surface area contributed by atoms with Gasteiger partial charge < -0.3 is 10.1 Å². The number of nitrogens with zero attached hydrogens (tertiary/aromatic N) is 6. The maximum atomic E-state index is 14.0. The van der Waals surface area contributed by atoms with Crippen molar-refractivity contribution in [3.8, 4) is 0 Å². The molecule has 5 rings (SSSR count). The van der Waals surface area contributed by atoms with E-state index in [4.69, 9.17) is 10.5 Å². The molecule has 1 fully saturated rings. The first-order valence-corrected chi connectivity index (χ1v) is 14.3. The third-order valence-corrected chi connectivity index (χ3v) is 8.61. The smallest absolute Gasteiger partial charge is 0.356 e. The Balaban J connectivity index is 1.50. The lowest BCUT2D eigenvalue weighted by atomic mass is 9.96. The summed E-state index contributed by atoms with van der Waals surface area (Å²) in [5.74, 6) is -0.628. The van der Waals surface area contributed by atoms with Crippen molar-refractivity contribution in [1.29, 1.82) is 0 Å². The highest BCUT2D eigenvalue weighted by molar-refractivity contribution is 8.01. The number of tetrazole rings is 1. The summed E-state index contributed by atoms with van der Waals surface area (Å²) in [5.41, 5.74) is 7.67. The number of esters is 1. The number of hydrogen-bond acceptors (Lipinski definition) is 11. The number of amides is 2. The SMILES string of the molecule is CC(C)=Nn1nnnc1SCC1=C(C(=O)OC(c2ccccc2)c2ccccc2)N2C(=O)[C@](N)(NC=O)[C@@H]2SC1. The Morgan fingerprint density at radius 1 is 1.23 bits per heavy atom. The number of fused-ring (bicyclic) bond motifs is 1. The lowest BCUT2D eigenvalue weighted by Crippen LogP contribution is -2.83. The van der Waals surface area contributed by atoms with E-state index in [1.165, 1.54) is 33.2 Å². The van der Waals surface area contributed by atoms with Crippen molar-refractivity contribution in [3.63, 3.8) is 0 Å². The van der Waals surface area contributed by atoms with E-state index in [1.807, 2.05) is 74.5 Å². The van der Waals surface area contributed by atoms with Crippen LogP contribution in [0.25, 0.3) is 0 Å². The molecule has 0 aliphatic carbocycles. The van der Waals surface area contributed by atoms with E-state index < -0.39 is 29.0 Å². The number of β-lactam (4-membered cyclic amide) rings is 1. The maximum absolute atomic E-state index is 14.0. The van der Waals surface area contributed by atoms with E-state index >= 15 is 0 Å². The quantitative estimate of drug-likeness (QED) is 0.0909. The molecular weight excluding hydrogens is 552 g/mol. The van der Waals surface area contributed by atoms with Gasteiger partial charge in [-0.2, -0.15) is 5.10 Å². The van der Waals surface area contributed by atoms with Crippen molar-refractivity contribution in [2.24, 2.45) is 10.8 Å². The minimum absolute atomic E-state index is 0.0982. The molecule has 2 aromatic carbocycles. The zero-order chi connectivity index (χ0) is 28.3. The van der Waals surface area contributed by atoms with Gasteiger partial charge in [-0.3, -0.25) is 20.2 Å². The Labute approximate surface area is 238 Å². The van der Waals surface area contributed by atoms with Crippen molar-refractivity contribution in [2.45, 2.75) is 36.1 Å². The van der Waals surface area contributed by atoms with E-state index in [-0.39, 0.29) is 11.4 Å². The third kappa shape index (κ3) is 5.24. The van der Waals surface area contributed by atoms with Gasteiger partial charge in [0.2, 0.25) is 17.2 Å². The Morgan fingerprint density at radius 3 is 2.48 bits per heavy atom. The van der Waals surface area contributed by atoms with Crippen molar-refractivity contribution in [3.05, 3.63) is 83.1 Å². The molecule has 1 saturated heterocycles. The number of nitrogens with one attached hydrogen (secondary N) is 1. The van der Waals surface area contributed by atoms with Crippen LogP contribution in [0.5, 0.6) is 0 Å². The van der Waals surface area contributed by atoms with Gasteiger partial charge in [0.15, 0.2) is 6.10 Å². The van der Waals surface area contributed by atoms with Gasteiger partial charge in [-0.25, -0.2) is 4.79 Å². The van der Waals surface area contributed by atoms with Crippen LogP contribution in [0.15, 0.2) is 82.2 Å². The highest BCUT2D eigenvalue weighted by Crippen LogP contribution is 2.45. The average Bonchev–Trinajstić information content (AvgIpc) is 3.40. The highest BCUT2D eigenvalue weighted by atomic mass is 32.2. The maximum Gasteiger partial charge on any atom is 0.356 e. The summed E-state index contributed by atoms with van der Waals surface area (Å²) in [6.07, 6.45) is -0.328. The van der Waals surface area contributed by atoms with Gasteiger partial charge in [0.1, 0.15) is 11.1 Å². The van der Waals surface area contributed by atoms with Crippen molar-refractivity contribution >= 4 is 47.5 Å². The van der Waals surface area contributed by atoms with Crippen LogP contribution in [0, 0.1) is 0 Å². The summed E-state index contributed by atoms with van der Waals surface area (Å²) < 4.78 is 6.13. The standard InChI is InChI=1S/C26H26N8O4S2/c1-16(2)30-34-25(29-31-32-34)40-14-19-13-39-24-26(27,28-15-35)23(37)33(24)20(19)22(36)38-21(17-9-5-3-6-10-17)18-11-7-4-8-12-18/h3-12,15,21,24H,13-14,27H2,1-2H3,(H,28,35)/t24-,26-/m0/s1. The molecule has 2 amide bonds. The van der Waals surface area contributed by atoms with Gasteiger partial charge in [0, 0.05) is 17.2 Å². The number of carbonyl (C=O) groups excluding carboxylic acids is 3. The van der Waals surface area contributed by atoms with E-state index in [0.29, 0.717) is 22.9 Å². The third-order valence-electron chi connectivity index (χ3n) is 6.20. The van der Waals surface area contributed by atoms with Crippen LogP contribution in [0.1, 0.15) is 31.1 Å². The number of carbonyl (C=O) groups is 3. The number of nitrogens with two attached hydrogens (primary N) is 1. The molecule has 1 aromatic heterocycles. The summed E-state index contributed by atoms with van der Waals surface area (Å²) in [6.45, 7) is 3.64. The fraction of sp³-hybridized carbons (Fsp3) is 0.269. The summed E-state index contributed by atoms with van der Waals surface area (Å²) >= 11 is 2.62.